The Morgan fingerprint density at radius 1 is 1.69 bits per heavy atom. The van der Waals surface area contributed by atoms with Crippen LogP contribution < -0.4 is 5.73 Å². The van der Waals surface area contributed by atoms with Gasteiger partial charge in [-0.2, -0.15) is 5.26 Å². The Kier molecular flexibility index (Phi) is 4.27. The zero-order valence-corrected chi connectivity index (χ0v) is 9.90. The van der Waals surface area contributed by atoms with Gasteiger partial charge >= 0.3 is 0 Å². The average Bonchev–Trinajstić information content (AvgIpc) is 2.66. The zero-order valence-electron chi connectivity index (χ0n) is 9.90. The molecule has 1 amide bonds. The maximum absolute atomic E-state index is 12.2. The maximum Gasteiger partial charge on any atom is 0.245 e. The topological polar surface area (TPSA) is 79.4 Å². The fourth-order valence-electron chi connectivity index (χ4n) is 1.80. The van der Waals surface area contributed by atoms with Crippen LogP contribution in [0.3, 0.4) is 0 Å². The second-order valence-corrected chi connectivity index (χ2v) is 4.46. The quantitative estimate of drug-likeness (QED) is 0.744. The molecule has 0 aliphatic carbocycles. The summed E-state index contributed by atoms with van der Waals surface area (Å²) in [5.74, 6) is -0.102. The van der Waals surface area contributed by atoms with E-state index in [2.05, 4.69) is 0 Å². The first-order chi connectivity index (χ1) is 7.51. The Morgan fingerprint density at radius 2 is 2.38 bits per heavy atom. The van der Waals surface area contributed by atoms with Crippen molar-refractivity contribution >= 4 is 5.91 Å². The highest BCUT2D eigenvalue weighted by atomic mass is 16.5. The Labute approximate surface area is 96.2 Å². The summed E-state index contributed by atoms with van der Waals surface area (Å²) in [6.07, 6.45) is 0.891. The molecule has 0 saturated carbocycles. The van der Waals surface area contributed by atoms with Gasteiger partial charge in [-0.1, -0.05) is 0 Å². The highest BCUT2D eigenvalue weighted by molar-refractivity contribution is 5.86. The molecule has 0 radical (unpaired) electrons. The molecule has 5 heteroatoms. The van der Waals surface area contributed by atoms with Crippen LogP contribution in [0.2, 0.25) is 0 Å². The van der Waals surface area contributed by atoms with Crippen molar-refractivity contribution in [1.29, 1.82) is 5.26 Å². The first-order valence-corrected chi connectivity index (χ1v) is 5.56. The summed E-state index contributed by atoms with van der Waals surface area (Å²) in [6, 6.07) is 2.10. The van der Waals surface area contributed by atoms with E-state index in [0.717, 1.165) is 0 Å². The first kappa shape index (κ1) is 12.9. The largest absolute Gasteiger partial charge is 0.379 e. The molecule has 5 nitrogen and oxygen atoms in total. The lowest BCUT2D eigenvalue weighted by atomic mass is 9.97. The third kappa shape index (κ3) is 2.71. The van der Waals surface area contributed by atoms with E-state index in [1.165, 1.54) is 0 Å². The van der Waals surface area contributed by atoms with Crippen molar-refractivity contribution in [2.24, 2.45) is 5.73 Å². The van der Waals surface area contributed by atoms with Crippen LogP contribution in [0, 0.1) is 11.3 Å². The number of amides is 1. The minimum absolute atomic E-state index is 0.0573. The number of nitriles is 1. The SMILES string of the molecule is CC(C)N(CCC#N)C(=O)C1(N)CCOC1. The van der Waals surface area contributed by atoms with Crippen molar-refractivity contribution in [2.75, 3.05) is 19.8 Å². The second-order valence-electron chi connectivity index (χ2n) is 4.46. The van der Waals surface area contributed by atoms with Crippen LogP contribution in [0.15, 0.2) is 0 Å². The van der Waals surface area contributed by atoms with Crippen LogP contribution in [0.1, 0.15) is 26.7 Å². The highest BCUT2D eigenvalue weighted by Crippen LogP contribution is 2.19. The Bertz CT molecular complexity index is 290. The average molecular weight is 225 g/mol. The number of hydrogen-bond acceptors (Lipinski definition) is 4. The van der Waals surface area contributed by atoms with Crippen LogP contribution >= 0.6 is 0 Å². The van der Waals surface area contributed by atoms with Crippen molar-refractivity contribution < 1.29 is 9.53 Å². The molecule has 90 valence electrons. The van der Waals surface area contributed by atoms with Gasteiger partial charge in [-0.05, 0) is 20.3 Å². The molecule has 1 aliphatic rings. The monoisotopic (exact) mass is 225 g/mol. The number of carbonyl (C=O) groups is 1. The van der Waals surface area contributed by atoms with E-state index in [-0.39, 0.29) is 18.6 Å². The summed E-state index contributed by atoms with van der Waals surface area (Å²) in [7, 11) is 0. The lowest BCUT2D eigenvalue weighted by Crippen LogP contribution is -2.57. The summed E-state index contributed by atoms with van der Waals surface area (Å²) in [5.41, 5.74) is 5.12. The predicted molar refractivity (Wildman–Crippen MR) is 59.4 cm³/mol. The minimum atomic E-state index is -0.889. The maximum atomic E-state index is 12.2. The molecule has 0 aromatic carbocycles. The van der Waals surface area contributed by atoms with Crippen molar-refractivity contribution in [3.8, 4) is 6.07 Å². The first-order valence-electron chi connectivity index (χ1n) is 5.56. The van der Waals surface area contributed by atoms with Crippen molar-refractivity contribution in [2.45, 2.75) is 38.3 Å². The van der Waals surface area contributed by atoms with Gasteiger partial charge in [-0.15, -0.1) is 0 Å². The summed E-state index contributed by atoms with van der Waals surface area (Å²) >= 11 is 0. The number of nitrogens with zero attached hydrogens (tertiary/aromatic N) is 2. The lowest BCUT2D eigenvalue weighted by molar-refractivity contribution is -0.138. The van der Waals surface area contributed by atoms with E-state index in [4.69, 9.17) is 15.7 Å². The molecular formula is C11H19N3O2. The standard InChI is InChI=1S/C11H19N3O2/c1-9(2)14(6-3-5-12)10(15)11(13)4-7-16-8-11/h9H,3-4,6-8,13H2,1-2H3. The normalized spacial score (nSPS) is 24.4. The predicted octanol–water partition coefficient (Wildman–Crippen LogP) is 0.255. The Hall–Kier alpha value is -1.12. The lowest BCUT2D eigenvalue weighted by Gasteiger charge is -2.33. The molecular weight excluding hydrogens is 206 g/mol. The second kappa shape index (κ2) is 5.28. The van der Waals surface area contributed by atoms with E-state index in [9.17, 15) is 4.79 Å². The number of hydrogen-bond donors (Lipinski definition) is 1. The van der Waals surface area contributed by atoms with Crippen LogP contribution in [-0.4, -0.2) is 42.1 Å². The molecule has 0 spiro atoms. The van der Waals surface area contributed by atoms with Gasteiger partial charge in [0.1, 0.15) is 5.54 Å². The van der Waals surface area contributed by atoms with Crippen LogP contribution in [0.25, 0.3) is 0 Å². The molecule has 0 aromatic rings. The van der Waals surface area contributed by atoms with Gasteiger partial charge < -0.3 is 15.4 Å². The molecule has 1 saturated heterocycles. The highest BCUT2D eigenvalue weighted by Gasteiger charge is 2.41. The Balaban J connectivity index is 2.70. The number of ether oxygens (including phenoxy) is 1. The third-order valence-corrected chi connectivity index (χ3v) is 2.83. The zero-order chi connectivity index (χ0) is 12.2. The molecule has 0 bridgehead atoms. The van der Waals surface area contributed by atoms with Crippen LogP contribution in [0.5, 0.6) is 0 Å². The van der Waals surface area contributed by atoms with Gasteiger partial charge in [-0.3, -0.25) is 4.79 Å². The van der Waals surface area contributed by atoms with Gasteiger partial charge in [0.2, 0.25) is 5.91 Å². The molecule has 0 aromatic heterocycles. The Morgan fingerprint density at radius 3 is 2.81 bits per heavy atom. The number of nitrogens with two attached hydrogens (primary N) is 1. The number of carbonyl (C=O) groups excluding carboxylic acids is 1. The van der Waals surface area contributed by atoms with E-state index < -0.39 is 5.54 Å². The van der Waals surface area contributed by atoms with Crippen molar-refractivity contribution in [1.82, 2.24) is 4.90 Å². The van der Waals surface area contributed by atoms with Gasteiger partial charge in [0.05, 0.1) is 19.1 Å². The van der Waals surface area contributed by atoms with E-state index >= 15 is 0 Å². The molecule has 1 fully saturated rings. The van der Waals surface area contributed by atoms with Crippen molar-refractivity contribution in [3.05, 3.63) is 0 Å². The molecule has 1 heterocycles. The fourth-order valence-corrected chi connectivity index (χ4v) is 1.80. The third-order valence-electron chi connectivity index (χ3n) is 2.83. The molecule has 1 rings (SSSR count). The molecule has 16 heavy (non-hydrogen) atoms. The van der Waals surface area contributed by atoms with E-state index in [1.807, 2.05) is 19.9 Å². The van der Waals surface area contributed by atoms with Crippen LogP contribution in [0.4, 0.5) is 0 Å². The van der Waals surface area contributed by atoms with Gasteiger partial charge in [0, 0.05) is 19.2 Å². The summed E-state index contributed by atoms with van der Waals surface area (Å²) in [6.45, 7) is 5.10. The molecule has 1 atom stereocenters. The summed E-state index contributed by atoms with van der Waals surface area (Å²) in [5, 5.41) is 8.56. The smallest absolute Gasteiger partial charge is 0.245 e. The van der Waals surface area contributed by atoms with Crippen molar-refractivity contribution in [3.63, 3.8) is 0 Å². The minimum Gasteiger partial charge on any atom is -0.379 e. The van der Waals surface area contributed by atoms with Crippen LogP contribution in [-0.2, 0) is 9.53 Å². The fraction of sp³-hybridized carbons (Fsp3) is 0.818. The van der Waals surface area contributed by atoms with E-state index in [0.29, 0.717) is 26.0 Å². The summed E-state index contributed by atoms with van der Waals surface area (Å²) < 4.78 is 5.18. The molecule has 1 unspecified atom stereocenters. The molecule has 1 aliphatic heterocycles. The van der Waals surface area contributed by atoms with E-state index in [1.54, 1.807) is 4.90 Å². The van der Waals surface area contributed by atoms with Gasteiger partial charge in [0.25, 0.3) is 0 Å². The van der Waals surface area contributed by atoms with Gasteiger partial charge in [-0.25, -0.2) is 0 Å². The van der Waals surface area contributed by atoms with Gasteiger partial charge in [0.15, 0.2) is 0 Å². The summed E-state index contributed by atoms with van der Waals surface area (Å²) in [4.78, 5) is 13.9. The molecule has 2 N–H and O–H groups in total. The number of rotatable bonds is 4.